The summed E-state index contributed by atoms with van der Waals surface area (Å²) < 4.78 is 5.47. The van der Waals surface area contributed by atoms with Crippen LogP contribution in [-0.2, 0) is 9.53 Å². The standard InChI is InChI=1S/C22H35N5O2.HI/c1-26(2)21(28)16-25-22(23-14-18-10-13-29-17-18)24-15-20(27-11-6-7-12-27)19-8-4-3-5-9-19;/h3-5,8-9,18,20H,6-7,10-17H2,1-2H3,(H2,23,24,25);1H. The van der Waals surface area contributed by atoms with E-state index in [0.29, 0.717) is 17.9 Å². The molecule has 0 saturated carbocycles. The number of benzene rings is 1. The summed E-state index contributed by atoms with van der Waals surface area (Å²) in [6.45, 7) is 5.57. The molecule has 7 nitrogen and oxygen atoms in total. The first-order valence-electron chi connectivity index (χ1n) is 10.7. The number of guanidine groups is 1. The molecule has 3 rings (SSSR count). The van der Waals surface area contributed by atoms with E-state index in [9.17, 15) is 4.79 Å². The monoisotopic (exact) mass is 529 g/mol. The lowest BCUT2D eigenvalue weighted by molar-refractivity contribution is -0.127. The Bertz CT molecular complexity index is 659. The number of likely N-dealkylation sites (N-methyl/N-ethyl adjacent to an activating group) is 1. The van der Waals surface area contributed by atoms with Crippen molar-refractivity contribution in [3.8, 4) is 0 Å². The lowest BCUT2D eigenvalue weighted by atomic mass is 10.1. The fourth-order valence-corrected chi connectivity index (χ4v) is 3.83. The van der Waals surface area contributed by atoms with Crippen molar-refractivity contribution in [1.82, 2.24) is 20.4 Å². The highest BCUT2D eigenvalue weighted by Gasteiger charge is 2.24. The van der Waals surface area contributed by atoms with Gasteiger partial charge in [-0.25, -0.2) is 4.99 Å². The number of halogens is 1. The summed E-state index contributed by atoms with van der Waals surface area (Å²) >= 11 is 0. The fourth-order valence-electron chi connectivity index (χ4n) is 3.83. The number of likely N-dealkylation sites (tertiary alicyclic amines) is 1. The van der Waals surface area contributed by atoms with Crippen LogP contribution < -0.4 is 10.6 Å². The molecule has 0 bridgehead atoms. The lowest BCUT2D eigenvalue weighted by Gasteiger charge is -2.29. The van der Waals surface area contributed by atoms with Gasteiger partial charge in [0.05, 0.1) is 12.6 Å². The van der Waals surface area contributed by atoms with Crippen molar-refractivity contribution in [2.24, 2.45) is 10.9 Å². The Balaban J connectivity index is 0.00000320. The summed E-state index contributed by atoms with van der Waals surface area (Å²) in [6, 6.07) is 10.9. The highest BCUT2D eigenvalue weighted by atomic mass is 127. The molecule has 0 radical (unpaired) electrons. The van der Waals surface area contributed by atoms with Crippen molar-refractivity contribution in [3.05, 3.63) is 35.9 Å². The number of carbonyl (C=O) groups excluding carboxylic acids is 1. The number of hydrogen-bond donors (Lipinski definition) is 2. The van der Waals surface area contributed by atoms with Crippen LogP contribution in [-0.4, -0.2) is 81.7 Å². The van der Waals surface area contributed by atoms with Gasteiger partial charge in [0, 0.05) is 39.7 Å². The van der Waals surface area contributed by atoms with Crippen LogP contribution in [0.4, 0.5) is 0 Å². The zero-order chi connectivity index (χ0) is 20.5. The predicted molar refractivity (Wildman–Crippen MR) is 131 cm³/mol. The van der Waals surface area contributed by atoms with Gasteiger partial charge in [0.2, 0.25) is 5.91 Å². The Morgan fingerprint density at radius 2 is 1.97 bits per heavy atom. The van der Waals surface area contributed by atoms with Crippen molar-refractivity contribution in [2.45, 2.75) is 25.3 Å². The zero-order valence-corrected chi connectivity index (χ0v) is 20.5. The Morgan fingerprint density at radius 3 is 2.60 bits per heavy atom. The molecule has 2 heterocycles. The highest BCUT2D eigenvalue weighted by Crippen LogP contribution is 2.24. The van der Waals surface area contributed by atoms with E-state index in [1.807, 2.05) is 0 Å². The van der Waals surface area contributed by atoms with E-state index in [1.165, 1.54) is 18.4 Å². The molecular formula is C22H36IN5O2. The van der Waals surface area contributed by atoms with Crippen LogP contribution in [0.5, 0.6) is 0 Å². The Morgan fingerprint density at radius 1 is 1.23 bits per heavy atom. The van der Waals surface area contributed by atoms with Crippen LogP contribution >= 0.6 is 24.0 Å². The van der Waals surface area contributed by atoms with Gasteiger partial charge < -0.3 is 20.3 Å². The molecule has 1 aromatic rings. The largest absolute Gasteiger partial charge is 0.381 e. The molecule has 168 valence electrons. The minimum atomic E-state index is -0.00514. The van der Waals surface area contributed by atoms with E-state index in [1.54, 1.807) is 19.0 Å². The Labute approximate surface area is 197 Å². The zero-order valence-electron chi connectivity index (χ0n) is 18.2. The summed E-state index contributed by atoms with van der Waals surface area (Å²) in [5, 5.41) is 6.92. The van der Waals surface area contributed by atoms with Crippen molar-refractivity contribution in [3.63, 3.8) is 0 Å². The van der Waals surface area contributed by atoms with Crippen LogP contribution in [0.2, 0.25) is 0 Å². The van der Waals surface area contributed by atoms with Crippen molar-refractivity contribution in [2.75, 3.05) is 60.0 Å². The van der Waals surface area contributed by atoms with Gasteiger partial charge in [0.25, 0.3) is 0 Å². The van der Waals surface area contributed by atoms with Gasteiger partial charge in [-0.05, 0) is 37.9 Å². The maximum absolute atomic E-state index is 12.0. The third kappa shape index (κ3) is 7.70. The smallest absolute Gasteiger partial charge is 0.243 e. The number of nitrogens with one attached hydrogen (secondary N) is 2. The first-order valence-corrected chi connectivity index (χ1v) is 10.7. The summed E-state index contributed by atoms with van der Waals surface area (Å²) in [5.41, 5.74) is 1.31. The van der Waals surface area contributed by atoms with Gasteiger partial charge in [0.1, 0.15) is 6.54 Å². The van der Waals surface area contributed by atoms with Crippen LogP contribution in [0, 0.1) is 5.92 Å². The van der Waals surface area contributed by atoms with Crippen LogP contribution in [0.1, 0.15) is 30.9 Å². The summed E-state index contributed by atoms with van der Waals surface area (Å²) in [7, 11) is 3.51. The lowest BCUT2D eigenvalue weighted by Crippen LogP contribution is -2.44. The molecule has 8 heteroatoms. The predicted octanol–water partition coefficient (Wildman–Crippen LogP) is 2.10. The fraction of sp³-hybridized carbons (Fsp3) is 0.636. The molecule has 2 unspecified atom stereocenters. The molecule has 2 fully saturated rings. The molecule has 2 N–H and O–H groups in total. The Hall–Kier alpha value is -1.39. The number of ether oxygens (including phenoxy) is 1. The van der Waals surface area contributed by atoms with Gasteiger partial charge in [0.15, 0.2) is 5.96 Å². The number of amides is 1. The SMILES string of the molecule is CN(C)C(=O)CN=C(NCC1CCOC1)NCC(c1ccccc1)N1CCCC1.I. The molecule has 2 aliphatic heterocycles. The van der Waals surface area contributed by atoms with Gasteiger partial charge >= 0.3 is 0 Å². The molecule has 2 aliphatic rings. The normalized spacial score (nSPS) is 20.5. The molecular weight excluding hydrogens is 493 g/mol. The van der Waals surface area contributed by atoms with E-state index in [0.717, 1.165) is 45.8 Å². The number of rotatable bonds is 8. The second-order valence-electron chi connectivity index (χ2n) is 8.11. The van der Waals surface area contributed by atoms with Gasteiger partial charge in [-0.3, -0.25) is 9.69 Å². The second kappa shape index (κ2) is 13.1. The molecule has 0 spiro atoms. The second-order valence-corrected chi connectivity index (χ2v) is 8.11. The van der Waals surface area contributed by atoms with E-state index < -0.39 is 0 Å². The molecule has 0 aliphatic carbocycles. The quantitative estimate of drug-likeness (QED) is 0.307. The van der Waals surface area contributed by atoms with Crippen LogP contribution in [0.25, 0.3) is 0 Å². The first kappa shape index (κ1) is 24.9. The average Bonchev–Trinajstić information content (AvgIpc) is 3.44. The number of aliphatic imine (C=N–C) groups is 1. The average molecular weight is 529 g/mol. The molecule has 2 saturated heterocycles. The van der Waals surface area contributed by atoms with Gasteiger partial charge in [-0.1, -0.05) is 30.3 Å². The number of hydrogen-bond acceptors (Lipinski definition) is 4. The summed E-state index contributed by atoms with van der Waals surface area (Å²) in [4.78, 5) is 20.7. The molecule has 0 aromatic heterocycles. The van der Waals surface area contributed by atoms with E-state index in [4.69, 9.17) is 4.74 Å². The molecule has 30 heavy (non-hydrogen) atoms. The number of carbonyl (C=O) groups is 1. The van der Waals surface area contributed by atoms with Crippen molar-refractivity contribution >= 4 is 35.8 Å². The van der Waals surface area contributed by atoms with Crippen molar-refractivity contribution < 1.29 is 9.53 Å². The first-order chi connectivity index (χ1) is 14.1. The maximum Gasteiger partial charge on any atom is 0.243 e. The van der Waals surface area contributed by atoms with Gasteiger partial charge in [-0.2, -0.15) is 0 Å². The Kier molecular flexibility index (Phi) is 10.9. The van der Waals surface area contributed by atoms with Crippen LogP contribution in [0.3, 0.4) is 0 Å². The van der Waals surface area contributed by atoms with E-state index in [-0.39, 0.29) is 36.4 Å². The molecule has 1 amide bonds. The minimum absolute atomic E-state index is 0. The summed E-state index contributed by atoms with van der Waals surface area (Å²) in [6.07, 6.45) is 3.57. The summed E-state index contributed by atoms with van der Waals surface area (Å²) in [5.74, 6) is 1.19. The maximum atomic E-state index is 12.0. The third-order valence-corrected chi connectivity index (χ3v) is 5.68. The third-order valence-electron chi connectivity index (χ3n) is 5.68. The van der Waals surface area contributed by atoms with Crippen molar-refractivity contribution in [1.29, 1.82) is 0 Å². The highest BCUT2D eigenvalue weighted by molar-refractivity contribution is 14.0. The molecule has 1 aromatic carbocycles. The topological polar surface area (TPSA) is 69.2 Å². The molecule has 2 atom stereocenters. The van der Waals surface area contributed by atoms with E-state index >= 15 is 0 Å². The van der Waals surface area contributed by atoms with Gasteiger partial charge in [-0.15, -0.1) is 24.0 Å². The minimum Gasteiger partial charge on any atom is -0.381 e. The van der Waals surface area contributed by atoms with E-state index in [2.05, 4.69) is 50.9 Å². The number of nitrogens with zero attached hydrogens (tertiary/aromatic N) is 3. The van der Waals surface area contributed by atoms with Crippen LogP contribution in [0.15, 0.2) is 35.3 Å².